The molecule has 0 aromatic heterocycles. The molecule has 1 aliphatic rings. The van der Waals surface area contributed by atoms with Gasteiger partial charge in [0.2, 0.25) is 0 Å². The van der Waals surface area contributed by atoms with Gasteiger partial charge >= 0.3 is 0 Å². The summed E-state index contributed by atoms with van der Waals surface area (Å²) in [5.41, 5.74) is 5.19. The Bertz CT molecular complexity index is 568. The highest BCUT2D eigenvalue weighted by Crippen LogP contribution is 2.47. The van der Waals surface area contributed by atoms with Gasteiger partial charge in [-0.05, 0) is 17.7 Å². The second-order valence-electron chi connectivity index (χ2n) is 6.81. The summed E-state index contributed by atoms with van der Waals surface area (Å²) in [7, 11) is -1.15. The smallest absolute Gasteiger partial charge is 0.0789 e. The fourth-order valence-electron chi connectivity index (χ4n) is 2.78. The number of para-hydroxylation sites is 1. The lowest BCUT2D eigenvalue weighted by Crippen LogP contribution is -2.16. The van der Waals surface area contributed by atoms with Crippen molar-refractivity contribution < 1.29 is 0 Å². The van der Waals surface area contributed by atoms with Crippen molar-refractivity contribution in [3.05, 3.63) is 78.0 Å². The van der Waals surface area contributed by atoms with E-state index in [0.29, 0.717) is 12.1 Å². The lowest BCUT2D eigenvalue weighted by Gasteiger charge is -2.08. The third-order valence-corrected chi connectivity index (χ3v) is 5.04. The van der Waals surface area contributed by atoms with Crippen LogP contribution in [0.25, 0.3) is 0 Å². The van der Waals surface area contributed by atoms with Gasteiger partial charge in [-0.3, -0.25) is 0 Å². The average Bonchev–Trinajstić information content (AvgIpc) is 3.21. The van der Waals surface area contributed by atoms with E-state index in [1.807, 2.05) is 0 Å². The van der Waals surface area contributed by atoms with Crippen molar-refractivity contribution in [1.29, 1.82) is 0 Å². The summed E-state index contributed by atoms with van der Waals surface area (Å²) in [6.45, 7) is 7.16. The van der Waals surface area contributed by atoms with Crippen molar-refractivity contribution >= 4 is 13.8 Å². The van der Waals surface area contributed by atoms with E-state index in [2.05, 4.69) is 97.0 Å². The van der Waals surface area contributed by atoms with Gasteiger partial charge in [-0.2, -0.15) is 0 Å². The van der Waals surface area contributed by atoms with Gasteiger partial charge in [-0.1, -0.05) is 79.9 Å². The second-order valence-corrected chi connectivity index (χ2v) is 11.9. The molecular weight excluding hydrogens is 270 g/mol. The first-order valence-electron chi connectivity index (χ1n) is 7.64. The first-order valence-corrected chi connectivity index (χ1v) is 11.2. The van der Waals surface area contributed by atoms with Crippen LogP contribution >= 0.6 is 0 Å². The summed E-state index contributed by atoms with van der Waals surface area (Å²) in [4.78, 5) is 2.51. The molecule has 2 aromatic carbocycles. The minimum atomic E-state index is -1.15. The Morgan fingerprint density at radius 1 is 0.857 bits per heavy atom. The molecule has 0 saturated carbocycles. The largest absolute Gasteiger partial charge is 0.353 e. The van der Waals surface area contributed by atoms with Crippen LogP contribution in [0.4, 0.5) is 5.69 Å². The second kappa shape index (κ2) is 5.53. The van der Waals surface area contributed by atoms with E-state index in [4.69, 9.17) is 0 Å². The highest BCUT2D eigenvalue weighted by atomic mass is 28.3. The van der Waals surface area contributed by atoms with Gasteiger partial charge in [0.1, 0.15) is 0 Å². The van der Waals surface area contributed by atoms with Crippen molar-refractivity contribution in [2.45, 2.75) is 31.7 Å². The Balaban J connectivity index is 1.88. The molecule has 0 bridgehead atoms. The van der Waals surface area contributed by atoms with E-state index < -0.39 is 8.07 Å². The summed E-state index contributed by atoms with van der Waals surface area (Å²) in [5, 5.41) is 0. The fraction of sp³-hybridized carbons (Fsp3) is 0.263. The van der Waals surface area contributed by atoms with Crippen LogP contribution in [0.3, 0.4) is 0 Å². The molecule has 1 heterocycles. The van der Waals surface area contributed by atoms with Crippen molar-refractivity contribution in [2.75, 3.05) is 4.90 Å². The highest BCUT2D eigenvalue weighted by Gasteiger charge is 2.46. The van der Waals surface area contributed by atoms with Crippen LogP contribution in [-0.4, -0.2) is 14.1 Å². The third-order valence-electron chi connectivity index (χ3n) is 3.84. The van der Waals surface area contributed by atoms with Gasteiger partial charge in [0.05, 0.1) is 20.2 Å². The molecule has 2 unspecified atom stereocenters. The molecule has 21 heavy (non-hydrogen) atoms. The minimum absolute atomic E-state index is 0.487. The summed E-state index contributed by atoms with van der Waals surface area (Å²) >= 11 is 0. The average molecular weight is 293 g/mol. The van der Waals surface area contributed by atoms with Gasteiger partial charge in [0.25, 0.3) is 0 Å². The Morgan fingerprint density at radius 3 is 2.00 bits per heavy atom. The Hall–Kier alpha value is -1.80. The molecule has 1 saturated heterocycles. The minimum Gasteiger partial charge on any atom is -0.353 e. The van der Waals surface area contributed by atoms with Crippen LogP contribution in [0.15, 0.2) is 72.4 Å². The lowest BCUT2D eigenvalue weighted by molar-refractivity contribution is 1.09. The zero-order chi connectivity index (χ0) is 14.9. The van der Waals surface area contributed by atoms with Crippen LogP contribution in [-0.2, 0) is 0 Å². The SMILES string of the molecule is C[Si](C)(C)/C=C/C1C(c2ccccc2)N1c1ccccc1. The number of hydrogen-bond donors (Lipinski definition) is 0. The van der Waals surface area contributed by atoms with Crippen molar-refractivity contribution in [3.8, 4) is 0 Å². The number of hydrogen-bond acceptors (Lipinski definition) is 1. The Kier molecular flexibility index (Phi) is 3.73. The van der Waals surface area contributed by atoms with Crippen LogP contribution < -0.4 is 4.90 Å². The Morgan fingerprint density at radius 2 is 1.43 bits per heavy atom. The number of nitrogens with zero attached hydrogens (tertiary/aromatic N) is 1. The topological polar surface area (TPSA) is 3.01 Å². The summed E-state index contributed by atoms with van der Waals surface area (Å²) in [5.74, 6) is 0. The molecule has 2 heteroatoms. The number of anilines is 1. The zero-order valence-electron chi connectivity index (χ0n) is 13.0. The van der Waals surface area contributed by atoms with Crippen LogP contribution in [0.1, 0.15) is 11.6 Å². The molecule has 2 atom stereocenters. The molecule has 108 valence electrons. The summed E-state index contributed by atoms with van der Waals surface area (Å²) < 4.78 is 0. The quantitative estimate of drug-likeness (QED) is 0.563. The molecular formula is C19H23NSi. The van der Waals surface area contributed by atoms with Gasteiger partial charge < -0.3 is 4.90 Å². The van der Waals surface area contributed by atoms with E-state index >= 15 is 0 Å². The lowest BCUT2D eigenvalue weighted by atomic mass is 10.1. The van der Waals surface area contributed by atoms with Crippen LogP contribution in [0, 0.1) is 0 Å². The molecule has 0 amide bonds. The maximum absolute atomic E-state index is 2.51. The first kappa shape index (κ1) is 14.1. The molecule has 0 N–H and O–H groups in total. The maximum atomic E-state index is 2.51. The van der Waals surface area contributed by atoms with Crippen molar-refractivity contribution in [2.24, 2.45) is 0 Å². The van der Waals surface area contributed by atoms with Crippen molar-refractivity contribution in [3.63, 3.8) is 0 Å². The van der Waals surface area contributed by atoms with E-state index in [1.165, 1.54) is 11.3 Å². The molecule has 1 nitrogen and oxygen atoms in total. The molecule has 1 aliphatic heterocycles. The van der Waals surface area contributed by atoms with Crippen LogP contribution in [0.2, 0.25) is 19.6 Å². The molecule has 0 aliphatic carbocycles. The van der Waals surface area contributed by atoms with E-state index in [1.54, 1.807) is 0 Å². The first-order chi connectivity index (χ1) is 10.1. The van der Waals surface area contributed by atoms with Gasteiger partial charge in [-0.25, -0.2) is 0 Å². The number of rotatable bonds is 4. The molecule has 1 fully saturated rings. The van der Waals surface area contributed by atoms with Crippen LogP contribution in [0.5, 0.6) is 0 Å². The normalized spacial score (nSPS) is 21.8. The van der Waals surface area contributed by atoms with E-state index in [-0.39, 0.29) is 0 Å². The molecule has 2 aromatic rings. The molecule has 0 spiro atoms. The predicted molar refractivity (Wildman–Crippen MR) is 94.4 cm³/mol. The maximum Gasteiger partial charge on any atom is 0.0789 e. The summed E-state index contributed by atoms with van der Waals surface area (Å²) in [6, 6.07) is 22.6. The van der Waals surface area contributed by atoms with E-state index in [0.717, 1.165) is 0 Å². The number of benzene rings is 2. The van der Waals surface area contributed by atoms with Crippen molar-refractivity contribution in [1.82, 2.24) is 0 Å². The third kappa shape index (κ3) is 3.27. The van der Waals surface area contributed by atoms with Gasteiger partial charge in [0, 0.05) is 5.69 Å². The highest BCUT2D eigenvalue weighted by molar-refractivity contribution is 6.80. The summed E-state index contributed by atoms with van der Waals surface area (Å²) in [6.07, 6.45) is 2.43. The van der Waals surface area contributed by atoms with Gasteiger partial charge in [-0.15, -0.1) is 0 Å². The zero-order valence-corrected chi connectivity index (χ0v) is 14.0. The standard InChI is InChI=1S/C19H23NSi/c1-21(2,3)15-14-18-19(16-10-6-4-7-11-16)20(18)17-12-8-5-9-13-17/h4-15,18-19H,1-3H3/b15-14+. The van der Waals surface area contributed by atoms with E-state index in [9.17, 15) is 0 Å². The fourth-order valence-corrected chi connectivity index (χ4v) is 3.55. The molecule has 3 rings (SSSR count). The monoisotopic (exact) mass is 293 g/mol. The predicted octanol–water partition coefficient (Wildman–Crippen LogP) is 5.05. The molecule has 0 radical (unpaired) electrons. The Labute approximate surface area is 128 Å². The van der Waals surface area contributed by atoms with Gasteiger partial charge in [0.15, 0.2) is 0 Å².